The number of benzene rings is 1. The fourth-order valence-electron chi connectivity index (χ4n) is 4.92. The van der Waals surface area contributed by atoms with Crippen molar-refractivity contribution < 1.29 is 14.3 Å². The van der Waals surface area contributed by atoms with Gasteiger partial charge in [0, 0.05) is 41.9 Å². The molecule has 0 saturated carbocycles. The Bertz CT molecular complexity index is 1370. The second-order valence-corrected chi connectivity index (χ2v) is 9.76. The Morgan fingerprint density at radius 2 is 2.06 bits per heavy atom. The predicted molar refractivity (Wildman–Crippen MR) is 130 cm³/mol. The molecule has 2 atom stereocenters. The van der Waals surface area contributed by atoms with E-state index < -0.39 is 0 Å². The van der Waals surface area contributed by atoms with Gasteiger partial charge in [-0.2, -0.15) is 0 Å². The molecule has 1 saturated heterocycles. The highest BCUT2D eigenvalue weighted by Crippen LogP contribution is 2.36. The van der Waals surface area contributed by atoms with E-state index in [1.54, 1.807) is 27.8 Å². The number of cyclic esters (lactones) is 1. The molecule has 1 aromatic carbocycles. The summed E-state index contributed by atoms with van der Waals surface area (Å²) in [6.45, 7) is 2.53. The van der Waals surface area contributed by atoms with E-state index in [-0.39, 0.29) is 29.6 Å². The van der Waals surface area contributed by atoms with Gasteiger partial charge in [-0.25, -0.2) is 4.79 Å². The highest BCUT2D eigenvalue weighted by molar-refractivity contribution is 8.00. The maximum absolute atomic E-state index is 12.5. The first-order valence-electron chi connectivity index (χ1n) is 11.3. The molecule has 6 rings (SSSR count). The van der Waals surface area contributed by atoms with Crippen molar-refractivity contribution in [2.24, 2.45) is 0 Å². The van der Waals surface area contributed by atoms with Gasteiger partial charge in [-0.3, -0.25) is 19.5 Å². The van der Waals surface area contributed by atoms with E-state index in [2.05, 4.69) is 15.6 Å². The average molecular weight is 478 g/mol. The van der Waals surface area contributed by atoms with Crippen LogP contribution in [0.3, 0.4) is 0 Å². The lowest BCUT2D eigenvalue weighted by molar-refractivity contribution is -0.113. The van der Waals surface area contributed by atoms with Crippen LogP contribution in [0.15, 0.2) is 52.3 Å². The molecule has 5 heterocycles. The molecule has 1 fully saturated rings. The normalized spacial score (nSPS) is 21.0. The van der Waals surface area contributed by atoms with Gasteiger partial charge in [0.05, 0.1) is 29.0 Å². The average Bonchev–Trinajstić information content (AvgIpc) is 3.40. The molecule has 9 nitrogen and oxygen atoms in total. The van der Waals surface area contributed by atoms with Crippen LogP contribution >= 0.6 is 11.8 Å². The number of ether oxygens (including phenoxy) is 1. The highest BCUT2D eigenvalue weighted by atomic mass is 32.2. The van der Waals surface area contributed by atoms with Crippen molar-refractivity contribution in [2.75, 3.05) is 35.6 Å². The molecule has 10 heteroatoms. The van der Waals surface area contributed by atoms with E-state index in [4.69, 9.17) is 4.74 Å². The molecule has 3 aliphatic heterocycles. The summed E-state index contributed by atoms with van der Waals surface area (Å²) in [7, 11) is 0. The van der Waals surface area contributed by atoms with Crippen molar-refractivity contribution in [3.05, 3.63) is 58.5 Å². The highest BCUT2D eigenvalue weighted by Gasteiger charge is 2.33. The van der Waals surface area contributed by atoms with E-state index >= 15 is 0 Å². The first kappa shape index (κ1) is 21.2. The second-order valence-electron chi connectivity index (χ2n) is 8.74. The minimum atomic E-state index is -0.371. The molecular weight excluding hydrogens is 454 g/mol. The number of anilines is 2. The summed E-state index contributed by atoms with van der Waals surface area (Å²) < 4.78 is 7.39. The molecule has 0 spiro atoms. The smallest absolute Gasteiger partial charge is 0.414 e. The topological polar surface area (TPSA) is 106 Å². The zero-order valence-electron chi connectivity index (χ0n) is 18.3. The number of rotatable bonds is 6. The number of hydrogen-bond acceptors (Lipinski definition) is 7. The SMILES string of the molecule is O=C1CSc2ccc(N3C[C@@H](CCNCC4Cn5c(=O)ccc6nccc4c65)OC3=O)cc2N1. The maximum atomic E-state index is 12.5. The van der Waals surface area contributed by atoms with Gasteiger partial charge in [-0.15, -0.1) is 11.8 Å². The summed E-state index contributed by atoms with van der Waals surface area (Å²) >= 11 is 1.49. The van der Waals surface area contributed by atoms with E-state index in [1.807, 2.05) is 24.3 Å². The molecule has 3 aromatic rings. The summed E-state index contributed by atoms with van der Waals surface area (Å²) in [6.07, 6.45) is 1.90. The standard InChI is InChI=1S/C24H23N5O4S/c30-21-13-34-20-3-1-15(9-19(20)27-21)28-12-16(33-24(28)32)5-7-25-10-14-11-29-22(31)4-2-18-23(29)17(14)6-8-26-18/h1-4,6,8-9,14,16,25H,5,7,10-13H2,(H,27,30)/t14?,16-/m1/s1. The van der Waals surface area contributed by atoms with Crippen molar-refractivity contribution in [3.8, 4) is 0 Å². The van der Waals surface area contributed by atoms with Crippen LogP contribution in [0.5, 0.6) is 0 Å². The Morgan fingerprint density at radius 3 is 2.97 bits per heavy atom. The zero-order valence-corrected chi connectivity index (χ0v) is 19.1. The number of hydrogen-bond donors (Lipinski definition) is 2. The molecule has 34 heavy (non-hydrogen) atoms. The first-order chi connectivity index (χ1) is 16.6. The monoisotopic (exact) mass is 477 g/mol. The van der Waals surface area contributed by atoms with Gasteiger partial charge < -0.3 is 19.9 Å². The third-order valence-corrected chi connectivity index (χ3v) is 7.64. The minimum Gasteiger partial charge on any atom is -0.444 e. The molecular formula is C24H23N5O4S. The van der Waals surface area contributed by atoms with E-state index in [9.17, 15) is 14.4 Å². The number of carbonyl (C=O) groups excluding carboxylic acids is 2. The van der Waals surface area contributed by atoms with E-state index in [1.165, 1.54) is 11.8 Å². The number of fused-ring (bicyclic) bond motifs is 1. The number of aromatic nitrogens is 2. The fourth-order valence-corrected chi connectivity index (χ4v) is 5.71. The van der Waals surface area contributed by atoms with Crippen LogP contribution in [0.2, 0.25) is 0 Å². The summed E-state index contributed by atoms with van der Waals surface area (Å²) in [6, 6.07) is 11.0. The molecule has 3 aliphatic rings. The Kier molecular flexibility index (Phi) is 5.26. The molecule has 0 bridgehead atoms. The lowest BCUT2D eigenvalue weighted by Crippen LogP contribution is -2.28. The van der Waals surface area contributed by atoms with Crippen LogP contribution in [0.25, 0.3) is 11.0 Å². The van der Waals surface area contributed by atoms with E-state index in [0.717, 1.165) is 39.4 Å². The lowest BCUT2D eigenvalue weighted by atomic mass is 10.0. The van der Waals surface area contributed by atoms with Crippen molar-refractivity contribution in [3.63, 3.8) is 0 Å². The van der Waals surface area contributed by atoms with Gasteiger partial charge in [-0.1, -0.05) is 0 Å². The predicted octanol–water partition coefficient (Wildman–Crippen LogP) is 2.54. The summed E-state index contributed by atoms with van der Waals surface area (Å²) in [4.78, 5) is 43.4. The molecule has 0 radical (unpaired) electrons. The Balaban J connectivity index is 1.05. The number of carbonyl (C=O) groups is 2. The summed E-state index contributed by atoms with van der Waals surface area (Å²) in [5.74, 6) is 0.570. The van der Waals surface area contributed by atoms with Crippen LogP contribution < -0.4 is 21.1 Å². The number of thioether (sulfide) groups is 1. The van der Waals surface area contributed by atoms with Crippen LogP contribution in [-0.2, 0) is 16.1 Å². The van der Waals surface area contributed by atoms with Crippen LogP contribution in [0.1, 0.15) is 17.9 Å². The third-order valence-electron chi connectivity index (χ3n) is 6.56. The van der Waals surface area contributed by atoms with E-state index in [0.29, 0.717) is 31.8 Å². The molecule has 2 aromatic heterocycles. The molecule has 1 unspecified atom stereocenters. The quantitative estimate of drug-likeness (QED) is 0.526. The van der Waals surface area contributed by atoms with Crippen molar-refractivity contribution in [1.29, 1.82) is 0 Å². The number of pyridine rings is 2. The lowest BCUT2D eigenvalue weighted by Gasteiger charge is -2.20. The molecule has 174 valence electrons. The Labute approximate surface area is 199 Å². The van der Waals surface area contributed by atoms with Gasteiger partial charge in [0.1, 0.15) is 6.10 Å². The maximum Gasteiger partial charge on any atom is 0.414 e. The number of nitrogens with one attached hydrogen (secondary N) is 2. The second kappa shape index (κ2) is 8.44. The van der Waals surface area contributed by atoms with Gasteiger partial charge in [0.25, 0.3) is 5.56 Å². The number of nitrogens with zero attached hydrogens (tertiary/aromatic N) is 3. The van der Waals surface area contributed by atoms with Gasteiger partial charge in [0.2, 0.25) is 5.91 Å². The Hall–Kier alpha value is -3.37. The number of amides is 2. The minimum absolute atomic E-state index is 0.00236. The third kappa shape index (κ3) is 3.72. The van der Waals surface area contributed by atoms with Crippen molar-refractivity contribution in [1.82, 2.24) is 14.9 Å². The van der Waals surface area contributed by atoms with Crippen LogP contribution in [-0.4, -0.2) is 53.0 Å². The fraction of sp³-hybridized carbons (Fsp3) is 0.333. The van der Waals surface area contributed by atoms with Crippen LogP contribution in [0.4, 0.5) is 16.2 Å². The van der Waals surface area contributed by atoms with Crippen molar-refractivity contribution >= 4 is 46.2 Å². The Morgan fingerprint density at radius 1 is 1.15 bits per heavy atom. The summed E-state index contributed by atoms with van der Waals surface area (Å²) in [5, 5.41) is 6.33. The molecule has 0 aliphatic carbocycles. The van der Waals surface area contributed by atoms with Gasteiger partial charge in [-0.05, 0) is 48.9 Å². The van der Waals surface area contributed by atoms with Crippen molar-refractivity contribution in [2.45, 2.75) is 29.9 Å². The largest absolute Gasteiger partial charge is 0.444 e. The molecule has 2 amide bonds. The van der Waals surface area contributed by atoms with Crippen LogP contribution in [0, 0.1) is 0 Å². The zero-order chi connectivity index (χ0) is 23.2. The van der Waals surface area contributed by atoms with Gasteiger partial charge >= 0.3 is 6.09 Å². The first-order valence-corrected chi connectivity index (χ1v) is 12.3. The molecule has 2 N–H and O–H groups in total. The van der Waals surface area contributed by atoms with Gasteiger partial charge in [0.15, 0.2) is 0 Å². The summed E-state index contributed by atoms with van der Waals surface area (Å²) in [5.41, 5.74) is 4.38.